The van der Waals surface area contributed by atoms with E-state index in [9.17, 15) is 18.4 Å². The van der Waals surface area contributed by atoms with E-state index in [1.807, 2.05) is 22.6 Å². The number of benzene rings is 1. The average molecular weight is 479 g/mol. The summed E-state index contributed by atoms with van der Waals surface area (Å²) in [6.45, 7) is -0.466. The molecular formula is C16H12F2INO4S. The first-order chi connectivity index (χ1) is 11.9. The molecule has 0 fully saturated rings. The minimum atomic E-state index is -2.50. The van der Waals surface area contributed by atoms with Crippen LogP contribution in [0.25, 0.3) is 6.08 Å². The lowest BCUT2D eigenvalue weighted by atomic mass is 10.3. The fraction of sp³-hybridized carbons (Fsp3) is 0.125. The monoisotopic (exact) mass is 479 g/mol. The highest BCUT2D eigenvalue weighted by Crippen LogP contribution is 2.26. The number of thioether (sulfide) groups is 1. The van der Waals surface area contributed by atoms with Crippen LogP contribution in [-0.4, -0.2) is 24.2 Å². The summed E-state index contributed by atoms with van der Waals surface area (Å²) in [5, 5.41) is 2.50. The number of esters is 1. The zero-order chi connectivity index (χ0) is 18.2. The van der Waals surface area contributed by atoms with E-state index in [2.05, 4.69) is 5.32 Å². The molecule has 0 aliphatic rings. The van der Waals surface area contributed by atoms with Gasteiger partial charge in [-0.2, -0.15) is 8.78 Å². The first-order valence-electron chi connectivity index (χ1n) is 6.87. The number of carbonyl (C=O) groups excluding carboxylic acids is 2. The lowest BCUT2D eigenvalue weighted by Gasteiger charge is -2.06. The molecule has 5 nitrogen and oxygen atoms in total. The van der Waals surface area contributed by atoms with Crippen LogP contribution in [0.2, 0.25) is 0 Å². The molecule has 25 heavy (non-hydrogen) atoms. The number of ether oxygens (including phenoxy) is 1. The van der Waals surface area contributed by atoms with Crippen LogP contribution in [0.1, 0.15) is 5.76 Å². The van der Waals surface area contributed by atoms with E-state index in [4.69, 9.17) is 9.15 Å². The van der Waals surface area contributed by atoms with Crippen molar-refractivity contribution in [2.45, 2.75) is 10.7 Å². The average Bonchev–Trinajstić information content (AvgIpc) is 2.98. The minimum Gasteiger partial charge on any atom is -0.452 e. The highest BCUT2D eigenvalue weighted by Gasteiger charge is 2.08. The largest absolute Gasteiger partial charge is 0.452 e. The number of alkyl halides is 2. The van der Waals surface area contributed by atoms with Gasteiger partial charge in [-0.15, -0.1) is 0 Å². The second kappa shape index (κ2) is 9.56. The molecule has 0 atom stereocenters. The van der Waals surface area contributed by atoms with Crippen molar-refractivity contribution in [3.63, 3.8) is 0 Å². The van der Waals surface area contributed by atoms with Gasteiger partial charge in [0, 0.05) is 16.7 Å². The Morgan fingerprint density at radius 2 is 1.96 bits per heavy atom. The van der Waals surface area contributed by atoms with Crippen LogP contribution in [0.4, 0.5) is 14.5 Å². The maximum Gasteiger partial charge on any atom is 0.331 e. The van der Waals surface area contributed by atoms with Crippen molar-refractivity contribution in [2.24, 2.45) is 0 Å². The molecule has 1 N–H and O–H groups in total. The number of anilines is 1. The molecule has 0 saturated carbocycles. The van der Waals surface area contributed by atoms with E-state index in [1.165, 1.54) is 30.3 Å². The third kappa shape index (κ3) is 7.26. The molecule has 0 aliphatic carbocycles. The van der Waals surface area contributed by atoms with E-state index in [0.717, 1.165) is 6.08 Å². The zero-order valence-electron chi connectivity index (χ0n) is 12.6. The number of nitrogens with one attached hydrogen (secondary N) is 1. The molecule has 0 spiro atoms. The van der Waals surface area contributed by atoms with Crippen molar-refractivity contribution in [2.75, 3.05) is 11.9 Å². The Morgan fingerprint density at radius 1 is 1.24 bits per heavy atom. The summed E-state index contributed by atoms with van der Waals surface area (Å²) in [5.74, 6) is -3.24. The molecule has 2 aromatic rings. The summed E-state index contributed by atoms with van der Waals surface area (Å²) < 4.78 is 35.1. The van der Waals surface area contributed by atoms with Crippen LogP contribution >= 0.6 is 34.4 Å². The van der Waals surface area contributed by atoms with Gasteiger partial charge in [0.05, 0.1) is 0 Å². The molecule has 9 heteroatoms. The third-order valence-corrected chi connectivity index (χ3v) is 3.99. The Morgan fingerprint density at radius 3 is 2.56 bits per heavy atom. The van der Waals surface area contributed by atoms with Crippen LogP contribution in [0, 0.1) is 3.77 Å². The fourth-order valence-electron chi connectivity index (χ4n) is 1.67. The molecule has 1 aromatic heterocycles. The first-order valence-corrected chi connectivity index (χ1v) is 8.83. The van der Waals surface area contributed by atoms with Gasteiger partial charge in [-0.1, -0.05) is 11.8 Å². The molecule has 132 valence electrons. The number of hydrogen-bond donors (Lipinski definition) is 1. The van der Waals surface area contributed by atoms with Crippen molar-refractivity contribution < 1.29 is 27.5 Å². The van der Waals surface area contributed by atoms with Crippen LogP contribution in [0.3, 0.4) is 0 Å². The predicted molar refractivity (Wildman–Crippen MR) is 98.4 cm³/mol. The van der Waals surface area contributed by atoms with Gasteiger partial charge >= 0.3 is 5.97 Å². The quantitative estimate of drug-likeness (QED) is 0.276. The Labute approximate surface area is 159 Å². The topological polar surface area (TPSA) is 68.5 Å². The number of amides is 1. The first kappa shape index (κ1) is 19.4. The van der Waals surface area contributed by atoms with Gasteiger partial charge in [-0.3, -0.25) is 4.79 Å². The molecule has 1 amide bonds. The van der Waals surface area contributed by atoms with Gasteiger partial charge < -0.3 is 14.5 Å². The van der Waals surface area contributed by atoms with Crippen LogP contribution in [0.15, 0.2) is 51.8 Å². The summed E-state index contributed by atoms with van der Waals surface area (Å²) >= 11 is 2.41. The zero-order valence-corrected chi connectivity index (χ0v) is 15.6. The van der Waals surface area contributed by atoms with Gasteiger partial charge in [-0.05, 0) is 65.1 Å². The maximum atomic E-state index is 12.2. The maximum absolute atomic E-state index is 12.2. The Kier molecular flexibility index (Phi) is 7.44. The van der Waals surface area contributed by atoms with Crippen molar-refractivity contribution in [1.82, 2.24) is 0 Å². The van der Waals surface area contributed by atoms with E-state index in [0.29, 0.717) is 31.9 Å². The summed E-state index contributed by atoms with van der Waals surface area (Å²) in [5.41, 5.74) is 0.417. The van der Waals surface area contributed by atoms with Gasteiger partial charge in [0.15, 0.2) is 10.4 Å². The number of hydrogen-bond acceptors (Lipinski definition) is 5. The number of carbonyl (C=O) groups is 2. The van der Waals surface area contributed by atoms with Crippen molar-refractivity contribution >= 4 is 58.0 Å². The van der Waals surface area contributed by atoms with E-state index >= 15 is 0 Å². The molecule has 1 heterocycles. The number of furan rings is 1. The predicted octanol–water partition coefficient (Wildman–Crippen LogP) is 4.39. The molecule has 0 aliphatic heterocycles. The Bertz CT molecular complexity index is 762. The highest BCUT2D eigenvalue weighted by molar-refractivity contribution is 14.1. The molecule has 1 aromatic carbocycles. The number of halogens is 3. The summed E-state index contributed by atoms with van der Waals surface area (Å²) in [4.78, 5) is 23.6. The molecule has 0 bridgehead atoms. The Balaban J connectivity index is 1.76. The molecule has 0 unspecified atom stereocenters. The molecule has 0 radical (unpaired) electrons. The second-order valence-electron chi connectivity index (χ2n) is 4.53. The Hall–Kier alpha value is -1.88. The van der Waals surface area contributed by atoms with Gasteiger partial charge in [0.1, 0.15) is 5.76 Å². The van der Waals surface area contributed by atoms with Crippen molar-refractivity contribution in [3.8, 4) is 0 Å². The standard InChI is InChI=1S/C16H12F2INO4S/c17-16(18)25-12-5-1-10(2-6-12)20-14(21)9-23-15(22)8-4-11-3-7-13(19)24-11/h1-8,16H,9H2,(H,20,21)/b8-4+. The third-order valence-electron chi connectivity index (χ3n) is 2.69. The molecular weight excluding hydrogens is 467 g/mol. The minimum absolute atomic E-state index is 0.386. The lowest BCUT2D eigenvalue weighted by Crippen LogP contribution is -2.20. The fourth-order valence-corrected chi connectivity index (χ4v) is 2.60. The second-order valence-corrected chi connectivity index (χ2v) is 6.66. The van der Waals surface area contributed by atoms with E-state index in [1.54, 1.807) is 12.1 Å². The lowest BCUT2D eigenvalue weighted by molar-refractivity contribution is -0.142. The number of rotatable bonds is 7. The normalized spacial score (nSPS) is 11.0. The van der Waals surface area contributed by atoms with Crippen LogP contribution < -0.4 is 5.32 Å². The molecule has 0 saturated heterocycles. The van der Waals surface area contributed by atoms with Crippen molar-refractivity contribution in [1.29, 1.82) is 0 Å². The smallest absolute Gasteiger partial charge is 0.331 e. The van der Waals surface area contributed by atoms with E-state index in [-0.39, 0.29) is 0 Å². The summed E-state index contributed by atoms with van der Waals surface area (Å²) in [6.07, 6.45) is 2.58. The molecule has 2 rings (SSSR count). The summed E-state index contributed by atoms with van der Waals surface area (Å²) in [6, 6.07) is 9.34. The highest BCUT2D eigenvalue weighted by atomic mass is 127. The van der Waals surface area contributed by atoms with Gasteiger partial charge in [0.2, 0.25) is 0 Å². The van der Waals surface area contributed by atoms with Gasteiger partial charge in [-0.25, -0.2) is 4.79 Å². The van der Waals surface area contributed by atoms with Crippen molar-refractivity contribution in [3.05, 3.63) is 52.0 Å². The summed E-state index contributed by atoms with van der Waals surface area (Å²) in [7, 11) is 0. The van der Waals surface area contributed by atoms with Crippen LogP contribution in [-0.2, 0) is 14.3 Å². The SMILES string of the molecule is O=C(COC(=O)/C=C/c1ccc(I)o1)Nc1ccc(SC(F)F)cc1. The van der Waals surface area contributed by atoms with E-state index < -0.39 is 24.2 Å². The van der Waals surface area contributed by atoms with Gasteiger partial charge in [0.25, 0.3) is 11.7 Å². The van der Waals surface area contributed by atoms with Crippen LogP contribution in [0.5, 0.6) is 0 Å².